The van der Waals surface area contributed by atoms with Crippen LogP contribution in [0, 0.1) is 11.3 Å². The highest BCUT2D eigenvalue weighted by Crippen LogP contribution is 1.87. The minimum absolute atomic E-state index is 0.307. The van der Waals surface area contributed by atoms with E-state index in [2.05, 4.69) is 5.10 Å². The Kier molecular flexibility index (Phi) is 2.85. The fraction of sp³-hybridized carbons (Fsp3) is 0.333. The van der Waals surface area contributed by atoms with Gasteiger partial charge >= 0.3 is 7.12 Å². The lowest BCUT2D eigenvalue weighted by molar-refractivity contribution is 0.419. The van der Waals surface area contributed by atoms with Crippen LogP contribution in [0.4, 0.5) is 0 Å². The molecule has 1 aromatic rings. The maximum atomic E-state index is 8.80. The largest absolute Gasteiger partial charge is 0.507 e. The van der Waals surface area contributed by atoms with Gasteiger partial charge in [-0.25, -0.2) is 0 Å². The molecule has 6 heteroatoms. The van der Waals surface area contributed by atoms with Crippen LogP contribution < -0.4 is 5.59 Å². The highest BCUT2D eigenvalue weighted by molar-refractivity contribution is 6.57. The average Bonchev–Trinajstić information content (AvgIpc) is 2.48. The van der Waals surface area contributed by atoms with Crippen molar-refractivity contribution >= 4 is 12.7 Å². The van der Waals surface area contributed by atoms with Gasteiger partial charge in [0.15, 0.2) is 0 Å². The third-order valence-electron chi connectivity index (χ3n) is 1.45. The molecular formula is C6H8BN3O2. The van der Waals surface area contributed by atoms with E-state index in [0.29, 0.717) is 18.6 Å². The van der Waals surface area contributed by atoms with Crippen molar-refractivity contribution in [1.29, 1.82) is 5.26 Å². The highest BCUT2D eigenvalue weighted by Gasteiger charge is 2.15. The van der Waals surface area contributed by atoms with Gasteiger partial charge in [0, 0.05) is 6.20 Å². The van der Waals surface area contributed by atoms with Gasteiger partial charge in [0.1, 0.15) is 0 Å². The fourth-order valence-electron chi connectivity index (χ4n) is 0.905. The van der Waals surface area contributed by atoms with E-state index in [1.807, 2.05) is 6.07 Å². The van der Waals surface area contributed by atoms with E-state index in [-0.39, 0.29) is 0 Å². The summed E-state index contributed by atoms with van der Waals surface area (Å²) in [5, 5.41) is 29.7. The summed E-state index contributed by atoms with van der Waals surface area (Å²) in [5.41, 5.74) is 0.310. The Morgan fingerprint density at radius 2 is 2.42 bits per heavy atom. The summed E-state index contributed by atoms with van der Waals surface area (Å²) in [5.74, 6) is 0. The van der Waals surface area contributed by atoms with E-state index in [1.54, 1.807) is 0 Å². The lowest BCUT2D eigenvalue weighted by Crippen LogP contribution is -2.36. The molecule has 0 saturated carbocycles. The van der Waals surface area contributed by atoms with Crippen LogP contribution in [0.1, 0.15) is 6.42 Å². The molecule has 5 nitrogen and oxygen atoms in total. The van der Waals surface area contributed by atoms with Crippen LogP contribution in [-0.4, -0.2) is 26.9 Å². The summed E-state index contributed by atoms with van der Waals surface area (Å²) in [6.45, 7) is 0.385. The summed E-state index contributed by atoms with van der Waals surface area (Å²) < 4.78 is 1.40. The van der Waals surface area contributed by atoms with Gasteiger partial charge in [-0.15, -0.1) is 0 Å². The molecule has 12 heavy (non-hydrogen) atoms. The van der Waals surface area contributed by atoms with E-state index in [4.69, 9.17) is 15.3 Å². The minimum atomic E-state index is -1.52. The molecule has 0 bridgehead atoms. The van der Waals surface area contributed by atoms with Crippen LogP contribution in [-0.2, 0) is 6.54 Å². The lowest BCUT2D eigenvalue weighted by atomic mass is 9.86. The number of rotatable bonds is 3. The maximum Gasteiger partial charge on any atom is 0.507 e. The Bertz CT molecular complexity index is 291. The Balaban J connectivity index is 2.72. The van der Waals surface area contributed by atoms with Crippen LogP contribution in [0.15, 0.2) is 12.3 Å². The number of hydrogen-bond acceptors (Lipinski definition) is 4. The van der Waals surface area contributed by atoms with Crippen molar-refractivity contribution in [1.82, 2.24) is 9.78 Å². The second kappa shape index (κ2) is 3.90. The number of aryl methyl sites for hydroxylation is 1. The average molecular weight is 165 g/mol. The standard InChI is InChI=1S/C6H8BN3O2/c8-3-1-5-10-6(7(11)12)2-4-9-10/h2,4,11-12H,1,5H2. The first-order valence-corrected chi connectivity index (χ1v) is 3.50. The zero-order valence-electron chi connectivity index (χ0n) is 6.38. The van der Waals surface area contributed by atoms with Crippen molar-refractivity contribution in [3.05, 3.63) is 12.3 Å². The Labute approximate surface area is 70.0 Å². The third-order valence-corrected chi connectivity index (χ3v) is 1.45. The van der Waals surface area contributed by atoms with Crippen LogP contribution in [0.25, 0.3) is 0 Å². The Morgan fingerprint density at radius 3 is 3.00 bits per heavy atom. The molecule has 1 aromatic heterocycles. The first-order valence-electron chi connectivity index (χ1n) is 3.50. The molecule has 0 aromatic carbocycles. The van der Waals surface area contributed by atoms with Crippen molar-refractivity contribution in [2.45, 2.75) is 13.0 Å². The minimum Gasteiger partial charge on any atom is -0.422 e. The quantitative estimate of drug-likeness (QED) is 0.532. The van der Waals surface area contributed by atoms with Crippen molar-refractivity contribution in [3.63, 3.8) is 0 Å². The van der Waals surface area contributed by atoms with Crippen LogP contribution in [0.2, 0.25) is 0 Å². The first-order chi connectivity index (χ1) is 5.75. The lowest BCUT2D eigenvalue weighted by Gasteiger charge is -2.02. The predicted molar refractivity (Wildman–Crippen MR) is 42.3 cm³/mol. The van der Waals surface area contributed by atoms with Crippen molar-refractivity contribution in [2.75, 3.05) is 0 Å². The van der Waals surface area contributed by atoms with Crippen molar-refractivity contribution in [2.24, 2.45) is 0 Å². The van der Waals surface area contributed by atoms with Crippen LogP contribution in [0.3, 0.4) is 0 Å². The van der Waals surface area contributed by atoms with Crippen LogP contribution >= 0.6 is 0 Å². The molecule has 0 saturated heterocycles. The van der Waals surface area contributed by atoms with Gasteiger partial charge in [-0.05, 0) is 6.07 Å². The van der Waals surface area contributed by atoms with Gasteiger partial charge in [0.25, 0.3) is 0 Å². The summed E-state index contributed by atoms with van der Waals surface area (Å²) in [7, 11) is -1.52. The highest BCUT2D eigenvalue weighted by atomic mass is 16.4. The molecule has 0 fully saturated rings. The van der Waals surface area contributed by atoms with E-state index in [0.717, 1.165) is 0 Å². The van der Waals surface area contributed by atoms with Crippen molar-refractivity contribution < 1.29 is 10.0 Å². The molecule has 0 radical (unpaired) electrons. The second-order valence-electron chi connectivity index (χ2n) is 2.26. The summed E-state index contributed by atoms with van der Waals surface area (Å²) in [6.07, 6.45) is 1.77. The predicted octanol–water partition coefficient (Wildman–Crippen LogP) is -1.52. The molecule has 0 spiro atoms. The normalized spacial score (nSPS) is 9.42. The third kappa shape index (κ3) is 1.84. The van der Waals surface area contributed by atoms with Crippen LogP contribution in [0.5, 0.6) is 0 Å². The zero-order valence-corrected chi connectivity index (χ0v) is 6.38. The number of aromatic nitrogens is 2. The van der Waals surface area contributed by atoms with Gasteiger partial charge in [0.05, 0.1) is 24.6 Å². The summed E-state index contributed by atoms with van der Waals surface area (Å²) in [6, 6.07) is 3.45. The van der Waals surface area contributed by atoms with Gasteiger partial charge in [0.2, 0.25) is 0 Å². The number of nitrogens with zero attached hydrogens (tertiary/aromatic N) is 3. The molecule has 1 rings (SSSR count). The zero-order chi connectivity index (χ0) is 8.97. The number of nitriles is 1. The monoisotopic (exact) mass is 165 g/mol. The van der Waals surface area contributed by atoms with Crippen molar-refractivity contribution in [3.8, 4) is 6.07 Å². The molecule has 1 heterocycles. The second-order valence-corrected chi connectivity index (χ2v) is 2.26. The molecule has 0 aliphatic rings. The van der Waals surface area contributed by atoms with Gasteiger partial charge in [-0.1, -0.05) is 0 Å². The molecular weight excluding hydrogens is 157 g/mol. The number of hydrogen-bond donors (Lipinski definition) is 2. The van der Waals surface area contributed by atoms with E-state index in [1.165, 1.54) is 16.9 Å². The topological polar surface area (TPSA) is 82.1 Å². The molecule has 2 N–H and O–H groups in total. The molecule has 0 aliphatic heterocycles. The molecule has 62 valence electrons. The van der Waals surface area contributed by atoms with Gasteiger partial charge < -0.3 is 10.0 Å². The van der Waals surface area contributed by atoms with E-state index >= 15 is 0 Å². The summed E-state index contributed by atoms with van der Waals surface area (Å²) >= 11 is 0. The summed E-state index contributed by atoms with van der Waals surface area (Å²) in [4.78, 5) is 0. The van der Waals surface area contributed by atoms with Gasteiger partial charge in [-0.2, -0.15) is 10.4 Å². The van der Waals surface area contributed by atoms with E-state index < -0.39 is 7.12 Å². The smallest absolute Gasteiger partial charge is 0.422 e. The van der Waals surface area contributed by atoms with Gasteiger partial charge in [-0.3, -0.25) is 4.68 Å². The molecule has 0 unspecified atom stereocenters. The Hall–Kier alpha value is -1.32. The maximum absolute atomic E-state index is 8.80. The fourth-order valence-corrected chi connectivity index (χ4v) is 0.905. The SMILES string of the molecule is N#CCCn1nccc1B(O)O. The van der Waals surface area contributed by atoms with E-state index in [9.17, 15) is 0 Å². The molecule has 0 aliphatic carbocycles. The first kappa shape index (κ1) is 8.78. The molecule has 0 atom stereocenters. The molecule has 0 amide bonds. The Morgan fingerprint density at radius 1 is 1.67 bits per heavy atom.